The van der Waals surface area contributed by atoms with Crippen LogP contribution >= 0.6 is 24.0 Å². The van der Waals surface area contributed by atoms with Crippen molar-refractivity contribution in [3.05, 3.63) is 54.6 Å². The van der Waals surface area contributed by atoms with E-state index in [0.717, 1.165) is 40.2 Å². The number of fused-ring (bicyclic) bond motifs is 1. The number of hydrogen-bond donors (Lipinski definition) is 1. The van der Waals surface area contributed by atoms with Crippen molar-refractivity contribution in [3.63, 3.8) is 0 Å². The van der Waals surface area contributed by atoms with Gasteiger partial charge in [0.2, 0.25) is 0 Å². The van der Waals surface area contributed by atoms with Gasteiger partial charge in [-0.05, 0) is 67.0 Å². The van der Waals surface area contributed by atoms with Gasteiger partial charge in [0, 0.05) is 10.9 Å². The Morgan fingerprint density at radius 1 is 1.19 bits per heavy atom. The second kappa shape index (κ2) is 7.13. The first-order chi connectivity index (χ1) is 12.7. The minimum atomic E-state index is -0.231. The monoisotopic (exact) mass is 382 g/mol. The molecule has 1 amide bonds. The second-order valence-electron chi connectivity index (χ2n) is 6.15. The Balaban J connectivity index is 1.57. The largest absolute Gasteiger partial charge is 0.456 e. The molecule has 0 spiro atoms. The van der Waals surface area contributed by atoms with Crippen LogP contribution < -0.4 is 10.2 Å². The molecule has 6 heteroatoms. The van der Waals surface area contributed by atoms with Gasteiger partial charge in [0.25, 0.3) is 5.91 Å². The Bertz CT molecular complexity index is 932. The van der Waals surface area contributed by atoms with Gasteiger partial charge in [-0.3, -0.25) is 9.69 Å². The lowest BCUT2D eigenvalue weighted by atomic mass is 10.1. The number of anilines is 1. The molecule has 0 aliphatic carbocycles. The van der Waals surface area contributed by atoms with Crippen LogP contribution in [0.15, 0.2) is 59.0 Å². The van der Waals surface area contributed by atoms with E-state index in [1.807, 2.05) is 60.9 Å². The van der Waals surface area contributed by atoms with E-state index in [0.29, 0.717) is 5.11 Å². The van der Waals surface area contributed by atoms with Gasteiger partial charge in [0.05, 0.1) is 5.69 Å². The van der Waals surface area contributed by atoms with E-state index in [1.54, 1.807) is 16.7 Å². The van der Waals surface area contributed by atoms with Crippen molar-refractivity contribution in [3.8, 4) is 11.3 Å². The normalized spacial score (nSPS) is 17.1. The molecule has 1 N–H and O–H groups in total. The van der Waals surface area contributed by atoms with Crippen molar-refractivity contribution in [2.75, 3.05) is 16.9 Å². The van der Waals surface area contributed by atoms with Crippen molar-refractivity contribution in [2.45, 2.75) is 12.5 Å². The molecular formula is C20H18N2O2S2. The van der Waals surface area contributed by atoms with Crippen molar-refractivity contribution in [1.29, 1.82) is 0 Å². The molecule has 4 rings (SSSR count). The molecule has 1 fully saturated rings. The number of thioether (sulfide) groups is 1. The first-order valence-corrected chi connectivity index (χ1v) is 10.2. The van der Waals surface area contributed by atoms with Gasteiger partial charge in [-0.2, -0.15) is 11.8 Å². The third-order valence-electron chi connectivity index (χ3n) is 4.47. The molecule has 4 nitrogen and oxygen atoms in total. The zero-order valence-corrected chi connectivity index (χ0v) is 15.9. The Morgan fingerprint density at radius 3 is 2.69 bits per heavy atom. The van der Waals surface area contributed by atoms with Crippen LogP contribution in [0.25, 0.3) is 22.3 Å². The molecule has 26 heavy (non-hydrogen) atoms. The fraction of sp³-hybridized carbons (Fsp3) is 0.200. The Morgan fingerprint density at radius 2 is 1.96 bits per heavy atom. The average molecular weight is 383 g/mol. The number of thiocarbonyl (C=S) groups is 1. The van der Waals surface area contributed by atoms with Crippen molar-refractivity contribution in [2.24, 2.45) is 0 Å². The lowest BCUT2D eigenvalue weighted by Crippen LogP contribution is -2.31. The molecule has 0 bridgehead atoms. The summed E-state index contributed by atoms with van der Waals surface area (Å²) < 4.78 is 5.90. The van der Waals surface area contributed by atoms with Gasteiger partial charge in [-0.25, -0.2) is 0 Å². The van der Waals surface area contributed by atoms with Gasteiger partial charge in [-0.1, -0.05) is 18.2 Å². The molecule has 2 heterocycles. The number of hydrogen-bond acceptors (Lipinski definition) is 4. The number of rotatable bonds is 5. The Kier molecular flexibility index (Phi) is 4.70. The quantitative estimate of drug-likeness (QED) is 0.661. The molecular weight excluding hydrogens is 364 g/mol. The standard InChI is InChI=1S/C20H18N2O2S2/c1-26-11-10-16-19(23)22(20(25)21-16)15-8-6-13(7-9-15)18-12-14-4-2-3-5-17(14)24-18/h2-9,12,16H,10-11H2,1H3,(H,21,25)/t16-/m0/s1. The summed E-state index contributed by atoms with van der Waals surface area (Å²) >= 11 is 7.09. The molecule has 1 aliphatic heterocycles. The van der Waals surface area contributed by atoms with Crippen LogP contribution in [0.4, 0.5) is 5.69 Å². The van der Waals surface area contributed by atoms with Gasteiger partial charge < -0.3 is 9.73 Å². The third kappa shape index (κ3) is 3.10. The zero-order valence-electron chi connectivity index (χ0n) is 14.3. The molecule has 2 aromatic carbocycles. The third-order valence-corrected chi connectivity index (χ3v) is 5.41. The number of para-hydroxylation sites is 1. The Hall–Kier alpha value is -2.31. The molecule has 1 atom stereocenters. The maximum absolute atomic E-state index is 12.6. The van der Waals surface area contributed by atoms with E-state index >= 15 is 0 Å². The summed E-state index contributed by atoms with van der Waals surface area (Å²) in [5.74, 6) is 1.75. The van der Waals surface area contributed by atoms with Crippen molar-refractivity contribution >= 4 is 51.7 Å². The van der Waals surface area contributed by atoms with E-state index in [1.165, 1.54) is 0 Å². The summed E-state index contributed by atoms with van der Waals surface area (Å²) in [6, 6.07) is 17.4. The lowest BCUT2D eigenvalue weighted by molar-refractivity contribution is -0.118. The molecule has 0 radical (unpaired) electrons. The maximum Gasteiger partial charge on any atom is 0.255 e. The number of benzene rings is 2. The lowest BCUT2D eigenvalue weighted by Gasteiger charge is -2.15. The fourth-order valence-corrected chi connectivity index (χ4v) is 3.92. The molecule has 1 saturated heterocycles. The average Bonchev–Trinajstić information content (AvgIpc) is 3.21. The molecule has 1 aliphatic rings. The highest BCUT2D eigenvalue weighted by atomic mass is 32.2. The van der Waals surface area contributed by atoms with Crippen LogP contribution in [0.2, 0.25) is 0 Å². The van der Waals surface area contributed by atoms with E-state index in [-0.39, 0.29) is 11.9 Å². The summed E-state index contributed by atoms with van der Waals surface area (Å²) in [5.41, 5.74) is 2.61. The minimum absolute atomic E-state index is 0.0144. The van der Waals surface area contributed by atoms with Crippen LogP contribution in [0.1, 0.15) is 6.42 Å². The first kappa shape index (κ1) is 17.1. The summed E-state index contributed by atoms with van der Waals surface area (Å²) in [5, 5.41) is 4.67. The van der Waals surface area contributed by atoms with E-state index < -0.39 is 0 Å². The summed E-state index contributed by atoms with van der Waals surface area (Å²) in [7, 11) is 0. The predicted octanol–water partition coefficient (Wildman–Crippen LogP) is 4.44. The van der Waals surface area contributed by atoms with Crippen LogP contribution in [0.3, 0.4) is 0 Å². The fourth-order valence-electron chi connectivity index (χ4n) is 3.11. The summed E-state index contributed by atoms with van der Waals surface area (Å²) in [6.07, 6.45) is 2.81. The van der Waals surface area contributed by atoms with Crippen LogP contribution in [0, 0.1) is 0 Å². The molecule has 132 valence electrons. The van der Waals surface area contributed by atoms with E-state index in [9.17, 15) is 4.79 Å². The van der Waals surface area contributed by atoms with Gasteiger partial charge in [-0.15, -0.1) is 0 Å². The maximum atomic E-state index is 12.6. The number of amides is 1. The predicted molar refractivity (Wildman–Crippen MR) is 112 cm³/mol. The van der Waals surface area contributed by atoms with Crippen LogP contribution in [-0.2, 0) is 4.79 Å². The SMILES string of the molecule is CSCC[C@@H]1NC(=S)N(c2ccc(-c3cc4ccccc4o3)cc2)C1=O. The molecule has 0 unspecified atom stereocenters. The number of furan rings is 1. The smallest absolute Gasteiger partial charge is 0.255 e. The minimum Gasteiger partial charge on any atom is -0.456 e. The second-order valence-corrected chi connectivity index (χ2v) is 7.52. The summed E-state index contributed by atoms with van der Waals surface area (Å²) in [6.45, 7) is 0. The van der Waals surface area contributed by atoms with Crippen LogP contribution in [-0.4, -0.2) is 29.1 Å². The molecule has 1 aromatic heterocycles. The van der Waals surface area contributed by atoms with Gasteiger partial charge in [0.15, 0.2) is 5.11 Å². The Labute approximate surface area is 161 Å². The molecule has 3 aromatic rings. The van der Waals surface area contributed by atoms with Crippen molar-refractivity contribution in [1.82, 2.24) is 5.32 Å². The van der Waals surface area contributed by atoms with Crippen molar-refractivity contribution < 1.29 is 9.21 Å². The highest BCUT2D eigenvalue weighted by Crippen LogP contribution is 2.30. The highest BCUT2D eigenvalue weighted by Gasteiger charge is 2.35. The highest BCUT2D eigenvalue weighted by molar-refractivity contribution is 7.98. The van der Waals surface area contributed by atoms with Gasteiger partial charge >= 0.3 is 0 Å². The topological polar surface area (TPSA) is 45.5 Å². The number of nitrogens with zero attached hydrogens (tertiary/aromatic N) is 1. The van der Waals surface area contributed by atoms with Crippen LogP contribution in [0.5, 0.6) is 0 Å². The van der Waals surface area contributed by atoms with E-state index in [4.69, 9.17) is 16.6 Å². The number of carbonyl (C=O) groups is 1. The summed E-state index contributed by atoms with van der Waals surface area (Å²) in [4.78, 5) is 14.2. The zero-order chi connectivity index (χ0) is 18.1. The van der Waals surface area contributed by atoms with E-state index in [2.05, 4.69) is 5.32 Å². The number of carbonyl (C=O) groups excluding carboxylic acids is 1. The number of nitrogens with one attached hydrogen (secondary N) is 1. The van der Waals surface area contributed by atoms with Gasteiger partial charge in [0.1, 0.15) is 17.4 Å². The first-order valence-electron chi connectivity index (χ1n) is 8.40. The molecule has 0 saturated carbocycles.